The SMILES string of the molecule is Nc1cc2c(N)cccn2c1. The van der Waals surface area contributed by atoms with Gasteiger partial charge in [-0.2, -0.15) is 0 Å². The van der Waals surface area contributed by atoms with Crippen molar-refractivity contribution in [3.8, 4) is 0 Å². The number of pyridine rings is 1. The van der Waals surface area contributed by atoms with Crippen molar-refractivity contribution in [2.45, 2.75) is 0 Å². The van der Waals surface area contributed by atoms with E-state index in [4.69, 9.17) is 11.5 Å². The molecule has 0 aliphatic heterocycles. The molecule has 0 spiro atoms. The van der Waals surface area contributed by atoms with Gasteiger partial charge in [0, 0.05) is 12.4 Å². The van der Waals surface area contributed by atoms with Gasteiger partial charge in [0.25, 0.3) is 0 Å². The second kappa shape index (κ2) is 1.92. The molecule has 2 rings (SSSR count). The first-order chi connectivity index (χ1) is 5.27. The van der Waals surface area contributed by atoms with Crippen LogP contribution in [0.4, 0.5) is 11.4 Å². The third-order valence-electron chi connectivity index (χ3n) is 1.69. The summed E-state index contributed by atoms with van der Waals surface area (Å²) in [5.41, 5.74) is 13.7. The molecule has 0 bridgehead atoms. The first-order valence-corrected chi connectivity index (χ1v) is 3.39. The lowest BCUT2D eigenvalue weighted by Gasteiger charge is -1.95. The largest absolute Gasteiger partial charge is 0.397 e. The number of nitrogen functional groups attached to an aromatic ring is 2. The van der Waals surface area contributed by atoms with Crippen LogP contribution in [0.2, 0.25) is 0 Å². The average molecular weight is 147 g/mol. The maximum absolute atomic E-state index is 5.69. The lowest BCUT2D eigenvalue weighted by atomic mass is 10.3. The summed E-state index contributed by atoms with van der Waals surface area (Å²) < 4.78 is 1.91. The average Bonchev–Trinajstić information content (AvgIpc) is 2.31. The highest BCUT2D eigenvalue weighted by Gasteiger charge is 1.97. The van der Waals surface area contributed by atoms with E-state index >= 15 is 0 Å². The zero-order valence-corrected chi connectivity index (χ0v) is 5.99. The molecule has 0 atom stereocenters. The van der Waals surface area contributed by atoms with E-state index in [1.54, 1.807) is 0 Å². The van der Waals surface area contributed by atoms with Crippen molar-refractivity contribution in [3.05, 3.63) is 30.6 Å². The Morgan fingerprint density at radius 1 is 1.27 bits per heavy atom. The summed E-state index contributed by atoms with van der Waals surface area (Å²) in [4.78, 5) is 0. The maximum atomic E-state index is 5.69. The van der Waals surface area contributed by atoms with Gasteiger partial charge in [0.2, 0.25) is 0 Å². The first-order valence-electron chi connectivity index (χ1n) is 3.39. The fourth-order valence-corrected chi connectivity index (χ4v) is 1.18. The minimum absolute atomic E-state index is 0.739. The molecule has 2 aromatic rings. The minimum Gasteiger partial charge on any atom is -0.397 e. The molecule has 3 nitrogen and oxygen atoms in total. The molecule has 0 saturated carbocycles. The van der Waals surface area contributed by atoms with Crippen molar-refractivity contribution in [2.24, 2.45) is 0 Å². The van der Waals surface area contributed by atoms with Crippen LogP contribution >= 0.6 is 0 Å². The fraction of sp³-hybridized carbons (Fsp3) is 0. The highest BCUT2D eigenvalue weighted by Crippen LogP contribution is 2.17. The summed E-state index contributed by atoms with van der Waals surface area (Å²) >= 11 is 0. The van der Waals surface area contributed by atoms with Crippen LogP contribution in [-0.4, -0.2) is 4.40 Å². The maximum Gasteiger partial charge on any atom is 0.0702 e. The van der Waals surface area contributed by atoms with Gasteiger partial charge in [-0.15, -0.1) is 0 Å². The highest BCUT2D eigenvalue weighted by atomic mass is 14.9. The van der Waals surface area contributed by atoms with Crippen molar-refractivity contribution < 1.29 is 0 Å². The Bertz CT molecular complexity index is 389. The zero-order chi connectivity index (χ0) is 7.84. The Hall–Kier alpha value is -1.64. The summed E-state index contributed by atoms with van der Waals surface area (Å²) in [5.74, 6) is 0. The third-order valence-corrected chi connectivity index (χ3v) is 1.69. The summed E-state index contributed by atoms with van der Waals surface area (Å²) in [6.45, 7) is 0. The number of hydrogen-bond donors (Lipinski definition) is 2. The van der Waals surface area contributed by atoms with Crippen molar-refractivity contribution >= 4 is 16.9 Å². The van der Waals surface area contributed by atoms with E-state index in [1.165, 1.54) is 0 Å². The number of fused-ring (bicyclic) bond motifs is 1. The Morgan fingerprint density at radius 3 is 2.82 bits per heavy atom. The second-order valence-electron chi connectivity index (χ2n) is 2.53. The van der Waals surface area contributed by atoms with Gasteiger partial charge in [-0.05, 0) is 18.2 Å². The van der Waals surface area contributed by atoms with Crippen LogP contribution in [0.1, 0.15) is 0 Å². The van der Waals surface area contributed by atoms with E-state index in [0.29, 0.717) is 0 Å². The number of aromatic nitrogens is 1. The van der Waals surface area contributed by atoms with Crippen LogP contribution < -0.4 is 11.5 Å². The number of rotatable bonds is 0. The molecule has 3 heteroatoms. The van der Waals surface area contributed by atoms with Gasteiger partial charge < -0.3 is 15.9 Å². The summed E-state index contributed by atoms with van der Waals surface area (Å²) in [7, 11) is 0. The quantitative estimate of drug-likeness (QED) is 0.586. The lowest BCUT2D eigenvalue weighted by Crippen LogP contribution is -1.88. The monoisotopic (exact) mass is 147 g/mol. The smallest absolute Gasteiger partial charge is 0.0702 e. The number of nitrogens with two attached hydrogens (primary N) is 2. The molecule has 2 heterocycles. The molecular formula is C8H9N3. The number of anilines is 2. The summed E-state index contributed by atoms with van der Waals surface area (Å²) in [6.07, 6.45) is 3.76. The summed E-state index contributed by atoms with van der Waals surface area (Å²) in [5, 5.41) is 0. The molecule has 56 valence electrons. The van der Waals surface area contributed by atoms with Gasteiger partial charge in [-0.25, -0.2) is 0 Å². The molecule has 0 amide bonds. The van der Waals surface area contributed by atoms with Crippen molar-refractivity contribution in [1.29, 1.82) is 0 Å². The Labute approximate surface area is 64.2 Å². The van der Waals surface area contributed by atoms with Crippen LogP contribution in [-0.2, 0) is 0 Å². The van der Waals surface area contributed by atoms with Crippen LogP contribution in [0.15, 0.2) is 30.6 Å². The normalized spacial score (nSPS) is 10.5. The standard InChI is InChI=1S/C8H9N3/c9-6-4-8-7(10)2-1-3-11(8)5-6/h1-5H,9-10H2. The Balaban J connectivity index is 2.90. The molecule has 0 radical (unpaired) electrons. The summed E-state index contributed by atoms with van der Waals surface area (Å²) in [6, 6.07) is 5.60. The Morgan fingerprint density at radius 2 is 2.09 bits per heavy atom. The van der Waals surface area contributed by atoms with E-state index < -0.39 is 0 Å². The predicted octanol–water partition coefficient (Wildman–Crippen LogP) is 1.10. The van der Waals surface area contributed by atoms with E-state index in [2.05, 4.69) is 0 Å². The molecule has 4 N–H and O–H groups in total. The van der Waals surface area contributed by atoms with Gasteiger partial charge in [-0.1, -0.05) is 0 Å². The van der Waals surface area contributed by atoms with Crippen molar-refractivity contribution in [1.82, 2.24) is 4.40 Å². The van der Waals surface area contributed by atoms with E-state index in [0.717, 1.165) is 16.9 Å². The van der Waals surface area contributed by atoms with E-state index in [1.807, 2.05) is 35.0 Å². The molecule has 0 fully saturated rings. The fourth-order valence-electron chi connectivity index (χ4n) is 1.18. The van der Waals surface area contributed by atoms with Gasteiger partial charge in [0.15, 0.2) is 0 Å². The van der Waals surface area contributed by atoms with Gasteiger partial charge in [-0.3, -0.25) is 0 Å². The first kappa shape index (κ1) is 6.09. The molecule has 0 aliphatic carbocycles. The van der Waals surface area contributed by atoms with Gasteiger partial charge >= 0.3 is 0 Å². The Kier molecular flexibility index (Phi) is 1.06. The topological polar surface area (TPSA) is 56.5 Å². The van der Waals surface area contributed by atoms with E-state index in [9.17, 15) is 0 Å². The zero-order valence-electron chi connectivity index (χ0n) is 5.99. The van der Waals surface area contributed by atoms with Crippen LogP contribution in [0, 0.1) is 0 Å². The molecule has 0 saturated heterocycles. The highest BCUT2D eigenvalue weighted by molar-refractivity contribution is 5.73. The molecule has 0 unspecified atom stereocenters. The third kappa shape index (κ3) is 0.816. The van der Waals surface area contributed by atoms with Gasteiger partial charge in [0.1, 0.15) is 0 Å². The van der Waals surface area contributed by atoms with Crippen LogP contribution in [0.5, 0.6) is 0 Å². The lowest BCUT2D eigenvalue weighted by molar-refractivity contribution is 1.20. The predicted molar refractivity (Wildman–Crippen MR) is 46.2 cm³/mol. The number of nitrogens with zero attached hydrogens (tertiary/aromatic N) is 1. The molecule has 2 aromatic heterocycles. The van der Waals surface area contributed by atoms with Crippen LogP contribution in [0.3, 0.4) is 0 Å². The van der Waals surface area contributed by atoms with E-state index in [-0.39, 0.29) is 0 Å². The molecule has 0 aliphatic rings. The van der Waals surface area contributed by atoms with Gasteiger partial charge in [0.05, 0.1) is 16.9 Å². The van der Waals surface area contributed by atoms with Crippen molar-refractivity contribution in [2.75, 3.05) is 11.5 Å². The molecule has 0 aromatic carbocycles. The second-order valence-corrected chi connectivity index (χ2v) is 2.53. The molecule has 11 heavy (non-hydrogen) atoms. The molecular weight excluding hydrogens is 138 g/mol. The van der Waals surface area contributed by atoms with Crippen LogP contribution in [0.25, 0.3) is 5.52 Å². The van der Waals surface area contributed by atoms with Crippen molar-refractivity contribution in [3.63, 3.8) is 0 Å². The number of hydrogen-bond acceptors (Lipinski definition) is 2. The minimum atomic E-state index is 0.739.